The highest BCUT2D eigenvalue weighted by atomic mass is 35.5. The number of rotatable bonds is 4. The fourth-order valence-corrected chi connectivity index (χ4v) is 2.62. The SMILES string of the molecule is COc1cc2ccnc(Cc3ccc(Cl)cc3)c2cc1OC. The maximum Gasteiger partial charge on any atom is 0.161 e. The summed E-state index contributed by atoms with van der Waals surface area (Å²) >= 11 is 5.94. The summed E-state index contributed by atoms with van der Waals surface area (Å²) in [5, 5.41) is 2.88. The lowest BCUT2D eigenvalue weighted by atomic mass is 10.0. The summed E-state index contributed by atoms with van der Waals surface area (Å²) in [6, 6.07) is 13.8. The molecule has 3 nitrogen and oxygen atoms in total. The number of methoxy groups -OCH3 is 2. The Hall–Kier alpha value is -2.26. The lowest BCUT2D eigenvalue weighted by Crippen LogP contribution is -1.96. The van der Waals surface area contributed by atoms with Gasteiger partial charge >= 0.3 is 0 Å². The van der Waals surface area contributed by atoms with Crippen LogP contribution in [0.25, 0.3) is 10.8 Å². The molecule has 112 valence electrons. The molecular weight excluding hydrogens is 298 g/mol. The van der Waals surface area contributed by atoms with E-state index < -0.39 is 0 Å². The van der Waals surface area contributed by atoms with Gasteiger partial charge in [0.2, 0.25) is 0 Å². The number of hydrogen-bond donors (Lipinski definition) is 0. The van der Waals surface area contributed by atoms with Gasteiger partial charge in [0.25, 0.3) is 0 Å². The Morgan fingerprint density at radius 1 is 0.955 bits per heavy atom. The molecule has 0 radical (unpaired) electrons. The number of halogens is 1. The molecular formula is C18H16ClNO2. The smallest absolute Gasteiger partial charge is 0.161 e. The lowest BCUT2D eigenvalue weighted by molar-refractivity contribution is 0.356. The molecule has 3 aromatic rings. The summed E-state index contributed by atoms with van der Waals surface area (Å²) in [7, 11) is 3.28. The molecule has 0 aliphatic heterocycles. The van der Waals surface area contributed by atoms with Crippen LogP contribution in [-0.4, -0.2) is 19.2 Å². The van der Waals surface area contributed by atoms with Crippen molar-refractivity contribution in [1.29, 1.82) is 0 Å². The quantitative estimate of drug-likeness (QED) is 0.711. The van der Waals surface area contributed by atoms with E-state index in [1.807, 2.05) is 48.7 Å². The number of aromatic nitrogens is 1. The highest BCUT2D eigenvalue weighted by Gasteiger charge is 2.10. The summed E-state index contributed by atoms with van der Waals surface area (Å²) in [5.41, 5.74) is 2.17. The van der Waals surface area contributed by atoms with E-state index in [9.17, 15) is 0 Å². The Labute approximate surface area is 134 Å². The van der Waals surface area contributed by atoms with Crippen LogP contribution >= 0.6 is 11.6 Å². The normalized spacial score (nSPS) is 10.7. The standard InChI is InChI=1S/C18H16ClNO2/c1-21-17-10-13-7-8-20-16(15(13)11-18(17)22-2)9-12-3-5-14(19)6-4-12/h3-8,10-11H,9H2,1-2H3. The molecule has 0 aliphatic carbocycles. The van der Waals surface area contributed by atoms with Gasteiger partial charge in [-0.25, -0.2) is 0 Å². The van der Waals surface area contributed by atoms with E-state index in [-0.39, 0.29) is 0 Å². The van der Waals surface area contributed by atoms with E-state index in [4.69, 9.17) is 21.1 Å². The third kappa shape index (κ3) is 2.85. The molecule has 3 rings (SSSR count). The van der Waals surface area contributed by atoms with Crippen molar-refractivity contribution in [3.8, 4) is 11.5 Å². The Morgan fingerprint density at radius 2 is 1.64 bits per heavy atom. The molecule has 0 amide bonds. The van der Waals surface area contributed by atoms with Gasteiger partial charge in [-0.15, -0.1) is 0 Å². The van der Waals surface area contributed by atoms with Gasteiger partial charge in [-0.3, -0.25) is 4.98 Å². The molecule has 0 bridgehead atoms. The summed E-state index contributed by atoms with van der Waals surface area (Å²) in [5.74, 6) is 1.43. The molecule has 0 fully saturated rings. The Kier molecular flexibility index (Phi) is 4.16. The molecule has 0 saturated heterocycles. The van der Waals surface area contributed by atoms with E-state index in [2.05, 4.69) is 4.98 Å². The van der Waals surface area contributed by atoms with Gasteiger partial charge in [-0.2, -0.15) is 0 Å². The van der Waals surface area contributed by atoms with Crippen LogP contribution in [0.15, 0.2) is 48.7 Å². The van der Waals surface area contributed by atoms with Gasteiger partial charge in [-0.05, 0) is 41.3 Å². The van der Waals surface area contributed by atoms with E-state index in [1.54, 1.807) is 14.2 Å². The minimum Gasteiger partial charge on any atom is -0.493 e. The van der Waals surface area contributed by atoms with Crippen LogP contribution in [0.3, 0.4) is 0 Å². The first kappa shape index (κ1) is 14.7. The topological polar surface area (TPSA) is 31.4 Å². The molecule has 0 atom stereocenters. The molecule has 1 aromatic heterocycles. The largest absolute Gasteiger partial charge is 0.493 e. The average Bonchev–Trinajstić information content (AvgIpc) is 2.56. The maximum atomic E-state index is 5.94. The fourth-order valence-electron chi connectivity index (χ4n) is 2.50. The number of nitrogens with zero attached hydrogens (tertiary/aromatic N) is 1. The van der Waals surface area contributed by atoms with Crippen LogP contribution in [0.5, 0.6) is 11.5 Å². The Balaban J connectivity index is 2.07. The summed E-state index contributed by atoms with van der Waals surface area (Å²) in [6.07, 6.45) is 2.56. The minimum absolute atomic E-state index is 0.709. The van der Waals surface area contributed by atoms with Crippen LogP contribution in [0.1, 0.15) is 11.3 Å². The second-order valence-corrected chi connectivity index (χ2v) is 5.43. The van der Waals surface area contributed by atoms with E-state index >= 15 is 0 Å². The molecule has 0 aliphatic rings. The predicted molar refractivity (Wildman–Crippen MR) is 89.1 cm³/mol. The van der Waals surface area contributed by atoms with Crippen LogP contribution in [0, 0.1) is 0 Å². The first-order valence-electron chi connectivity index (χ1n) is 6.95. The van der Waals surface area contributed by atoms with Crippen LogP contribution in [0.4, 0.5) is 0 Å². The van der Waals surface area contributed by atoms with E-state index in [1.165, 1.54) is 5.56 Å². The summed E-state index contributed by atoms with van der Waals surface area (Å²) < 4.78 is 10.8. The van der Waals surface area contributed by atoms with E-state index in [0.29, 0.717) is 5.75 Å². The maximum absolute atomic E-state index is 5.94. The van der Waals surface area contributed by atoms with Gasteiger partial charge in [0.15, 0.2) is 11.5 Å². The number of ether oxygens (including phenoxy) is 2. The number of pyridine rings is 1. The Bertz CT molecular complexity index is 800. The van der Waals surface area contributed by atoms with Gasteiger partial charge < -0.3 is 9.47 Å². The zero-order chi connectivity index (χ0) is 15.5. The second-order valence-electron chi connectivity index (χ2n) is 4.99. The van der Waals surface area contributed by atoms with Crippen molar-refractivity contribution in [2.75, 3.05) is 14.2 Å². The number of fused-ring (bicyclic) bond motifs is 1. The van der Waals surface area contributed by atoms with Crippen molar-refractivity contribution in [3.63, 3.8) is 0 Å². The third-order valence-electron chi connectivity index (χ3n) is 3.64. The second kappa shape index (κ2) is 6.24. The predicted octanol–water partition coefficient (Wildman–Crippen LogP) is 4.50. The fraction of sp³-hybridized carbons (Fsp3) is 0.167. The van der Waals surface area contributed by atoms with Gasteiger partial charge in [0.1, 0.15) is 0 Å². The first-order valence-corrected chi connectivity index (χ1v) is 7.33. The molecule has 2 aromatic carbocycles. The zero-order valence-electron chi connectivity index (χ0n) is 12.5. The van der Waals surface area contributed by atoms with Crippen molar-refractivity contribution in [1.82, 2.24) is 4.98 Å². The summed E-state index contributed by atoms with van der Waals surface area (Å²) in [4.78, 5) is 4.53. The number of hydrogen-bond acceptors (Lipinski definition) is 3. The lowest BCUT2D eigenvalue weighted by Gasteiger charge is -2.11. The number of benzene rings is 2. The van der Waals surface area contributed by atoms with Crippen LogP contribution in [-0.2, 0) is 6.42 Å². The Morgan fingerprint density at radius 3 is 2.32 bits per heavy atom. The van der Waals surface area contributed by atoms with Crippen molar-refractivity contribution in [2.45, 2.75) is 6.42 Å². The van der Waals surface area contributed by atoms with Gasteiger partial charge in [0, 0.05) is 23.0 Å². The third-order valence-corrected chi connectivity index (χ3v) is 3.89. The van der Waals surface area contributed by atoms with Crippen molar-refractivity contribution in [3.05, 3.63) is 64.9 Å². The molecule has 0 spiro atoms. The molecule has 22 heavy (non-hydrogen) atoms. The van der Waals surface area contributed by atoms with Crippen molar-refractivity contribution in [2.24, 2.45) is 0 Å². The van der Waals surface area contributed by atoms with Crippen molar-refractivity contribution >= 4 is 22.4 Å². The average molecular weight is 314 g/mol. The molecule has 1 heterocycles. The molecule has 4 heteroatoms. The highest BCUT2D eigenvalue weighted by molar-refractivity contribution is 6.30. The molecule has 0 saturated carbocycles. The van der Waals surface area contributed by atoms with Crippen molar-refractivity contribution < 1.29 is 9.47 Å². The van der Waals surface area contributed by atoms with Crippen LogP contribution in [0.2, 0.25) is 5.02 Å². The van der Waals surface area contributed by atoms with Crippen LogP contribution < -0.4 is 9.47 Å². The highest BCUT2D eigenvalue weighted by Crippen LogP contribution is 2.33. The van der Waals surface area contributed by atoms with E-state index in [0.717, 1.165) is 33.7 Å². The monoisotopic (exact) mass is 313 g/mol. The zero-order valence-corrected chi connectivity index (χ0v) is 13.2. The summed E-state index contributed by atoms with van der Waals surface area (Å²) in [6.45, 7) is 0. The van der Waals surface area contributed by atoms with Gasteiger partial charge in [-0.1, -0.05) is 23.7 Å². The van der Waals surface area contributed by atoms with Gasteiger partial charge in [0.05, 0.1) is 19.9 Å². The first-order chi connectivity index (χ1) is 10.7. The molecule has 0 N–H and O–H groups in total. The molecule has 0 unspecified atom stereocenters. The minimum atomic E-state index is 0.709.